The van der Waals surface area contributed by atoms with E-state index in [-0.39, 0.29) is 5.91 Å². The number of carbonyl (C=O) groups is 1. The number of carbonyl (C=O) groups excluding carboxylic acids is 1. The Morgan fingerprint density at radius 3 is 2.70 bits per heavy atom. The van der Waals surface area contributed by atoms with E-state index in [9.17, 15) is 4.79 Å². The number of methoxy groups -OCH3 is 2. The van der Waals surface area contributed by atoms with Crippen LogP contribution in [0.5, 0.6) is 23.1 Å². The van der Waals surface area contributed by atoms with Gasteiger partial charge in [0.15, 0.2) is 11.5 Å². The Balaban J connectivity index is 1.61. The summed E-state index contributed by atoms with van der Waals surface area (Å²) in [5, 5.41) is 3.78. The van der Waals surface area contributed by atoms with Crippen molar-refractivity contribution in [2.24, 2.45) is 0 Å². The van der Waals surface area contributed by atoms with Crippen molar-refractivity contribution in [3.8, 4) is 23.1 Å². The van der Waals surface area contributed by atoms with Crippen LogP contribution in [0.2, 0.25) is 0 Å². The molecule has 2 aromatic carbocycles. The fourth-order valence-corrected chi connectivity index (χ4v) is 2.91. The molecule has 3 aromatic rings. The fraction of sp³-hybridized carbons (Fsp3) is 0.200. The number of anilines is 1. The molecule has 0 aliphatic carbocycles. The van der Waals surface area contributed by atoms with Crippen LogP contribution >= 0.6 is 0 Å². The highest BCUT2D eigenvalue weighted by Crippen LogP contribution is 2.40. The minimum Gasteiger partial charge on any atom is -0.493 e. The summed E-state index contributed by atoms with van der Waals surface area (Å²) in [6.07, 6.45) is 0. The Morgan fingerprint density at radius 2 is 1.89 bits per heavy atom. The molecule has 0 unspecified atom stereocenters. The van der Waals surface area contributed by atoms with Crippen molar-refractivity contribution >= 4 is 22.5 Å². The maximum atomic E-state index is 12.7. The van der Waals surface area contributed by atoms with Gasteiger partial charge in [0.05, 0.1) is 19.7 Å². The van der Waals surface area contributed by atoms with Gasteiger partial charge in [0.1, 0.15) is 13.2 Å². The van der Waals surface area contributed by atoms with E-state index in [1.54, 1.807) is 31.4 Å². The number of pyridine rings is 1. The van der Waals surface area contributed by atoms with E-state index in [0.29, 0.717) is 47.6 Å². The molecule has 4 rings (SSSR count). The zero-order valence-corrected chi connectivity index (χ0v) is 14.9. The van der Waals surface area contributed by atoms with E-state index >= 15 is 0 Å². The first-order chi connectivity index (χ1) is 13.2. The number of aromatic nitrogens is 1. The minimum atomic E-state index is -0.272. The molecule has 1 aromatic heterocycles. The average Bonchev–Trinajstić information content (AvgIpc) is 2.72. The number of hydrogen-bond donors (Lipinski definition) is 1. The second kappa shape index (κ2) is 7.03. The van der Waals surface area contributed by atoms with Crippen molar-refractivity contribution in [2.45, 2.75) is 0 Å². The van der Waals surface area contributed by atoms with Crippen molar-refractivity contribution < 1.29 is 23.7 Å². The van der Waals surface area contributed by atoms with Gasteiger partial charge >= 0.3 is 0 Å². The van der Waals surface area contributed by atoms with Crippen LogP contribution in [0, 0.1) is 0 Å². The monoisotopic (exact) mass is 366 g/mol. The molecular formula is C20H18N2O5. The lowest BCUT2D eigenvalue weighted by Crippen LogP contribution is -2.18. The van der Waals surface area contributed by atoms with E-state index in [1.807, 2.05) is 18.2 Å². The SMILES string of the molecule is COc1ccc2cc(NC(=O)c3cc(OC)c4c(c3)OCCO4)ccc2n1. The number of nitrogens with zero attached hydrogens (tertiary/aromatic N) is 1. The first-order valence-corrected chi connectivity index (χ1v) is 8.42. The van der Waals surface area contributed by atoms with E-state index in [1.165, 1.54) is 7.11 Å². The van der Waals surface area contributed by atoms with Crippen LogP contribution < -0.4 is 24.3 Å². The van der Waals surface area contributed by atoms with Gasteiger partial charge in [-0.25, -0.2) is 4.98 Å². The number of ether oxygens (including phenoxy) is 4. The lowest BCUT2D eigenvalue weighted by molar-refractivity contribution is 0.102. The molecule has 0 saturated heterocycles. The lowest BCUT2D eigenvalue weighted by Gasteiger charge is -2.21. The van der Waals surface area contributed by atoms with Crippen LogP contribution in [0.15, 0.2) is 42.5 Å². The largest absolute Gasteiger partial charge is 0.493 e. The van der Waals surface area contributed by atoms with E-state index in [2.05, 4.69) is 10.3 Å². The van der Waals surface area contributed by atoms with Gasteiger partial charge in [-0.2, -0.15) is 0 Å². The molecule has 0 spiro atoms. The fourth-order valence-electron chi connectivity index (χ4n) is 2.91. The van der Waals surface area contributed by atoms with Gasteiger partial charge in [-0.3, -0.25) is 4.79 Å². The number of hydrogen-bond acceptors (Lipinski definition) is 6. The van der Waals surface area contributed by atoms with Crippen LogP contribution in [0.25, 0.3) is 10.9 Å². The van der Waals surface area contributed by atoms with Crippen LogP contribution in [-0.4, -0.2) is 38.3 Å². The van der Waals surface area contributed by atoms with Gasteiger partial charge in [-0.1, -0.05) is 0 Å². The summed E-state index contributed by atoms with van der Waals surface area (Å²) >= 11 is 0. The minimum absolute atomic E-state index is 0.272. The quantitative estimate of drug-likeness (QED) is 0.763. The average molecular weight is 366 g/mol. The molecule has 0 bridgehead atoms. The molecule has 1 aliphatic rings. The third kappa shape index (κ3) is 3.31. The standard InChI is InChI=1S/C20H18N2O5/c1-24-16-10-13(11-17-19(16)27-8-7-26-17)20(23)21-14-4-5-15-12(9-14)3-6-18(22-15)25-2/h3-6,9-11H,7-8H2,1-2H3,(H,21,23). The molecule has 0 fully saturated rings. The van der Waals surface area contributed by atoms with Crippen LogP contribution in [0.3, 0.4) is 0 Å². The molecule has 27 heavy (non-hydrogen) atoms. The predicted octanol–water partition coefficient (Wildman–Crippen LogP) is 3.28. The van der Waals surface area contributed by atoms with E-state index < -0.39 is 0 Å². The maximum absolute atomic E-state index is 12.7. The van der Waals surface area contributed by atoms with Crippen LogP contribution in [-0.2, 0) is 0 Å². The molecule has 1 N–H and O–H groups in total. The molecule has 0 saturated carbocycles. The number of benzene rings is 2. The van der Waals surface area contributed by atoms with Gasteiger partial charge in [-0.05, 0) is 36.4 Å². The molecule has 138 valence electrons. The summed E-state index contributed by atoms with van der Waals surface area (Å²) in [6.45, 7) is 0.882. The van der Waals surface area contributed by atoms with Gasteiger partial charge in [0.2, 0.25) is 11.6 Å². The molecule has 1 amide bonds. The number of fused-ring (bicyclic) bond motifs is 2. The summed E-state index contributed by atoms with van der Waals surface area (Å²) < 4.78 is 21.6. The summed E-state index contributed by atoms with van der Waals surface area (Å²) in [6, 6.07) is 12.4. The third-order valence-corrected chi connectivity index (χ3v) is 4.22. The summed E-state index contributed by atoms with van der Waals surface area (Å²) in [4.78, 5) is 17.1. The summed E-state index contributed by atoms with van der Waals surface area (Å²) in [5.74, 6) is 1.76. The van der Waals surface area contributed by atoms with Gasteiger partial charge in [-0.15, -0.1) is 0 Å². The summed E-state index contributed by atoms with van der Waals surface area (Å²) in [7, 11) is 3.10. The number of nitrogens with one attached hydrogen (secondary N) is 1. The van der Waals surface area contributed by atoms with Crippen molar-refractivity contribution in [1.29, 1.82) is 0 Å². The zero-order chi connectivity index (χ0) is 18.8. The second-order valence-electron chi connectivity index (χ2n) is 5.92. The van der Waals surface area contributed by atoms with Crippen molar-refractivity contribution in [3.05, 3.63) is 48.0 Å². The van der Waals surface area contributed by atoms with Crippen molar-refractivity contribution in [3.63, 3.8) is 0 Å². The molecule has 2 heterocycles. The first-order valence-electron chi connectivity index (χ1n) is 8.42. The Morgan fingerprint density at radius 1 is 1.04 bits per heavy atom. The second-order valence-corrected chi connectivity index (χ2v) is 5.92. The van der Waals surface area contributed by atoms with Crippen LogP contribution in [0.4, 0.5) is 5.69 Å². The molecule has 0 radical (unpaired) electrons. The topological polar surface area (TPSA) is 78.9 Å². The molecular weight excluding hydrogens is 348 g/mol. The van der Waals surface area contributed by atoms with Crippen LogP contribution in [0.1, 0.15) is 10.4 Å². The van der Waals surface area contributed by atoms with E-state index in [0.717, 1.165) is 10.9 Å². The zero-order valence-electron chi connectivity index (χ0n) is 14.9. The summed E-state index contributed by atoms with van der Waals surface area (Å²) in [5.41, 5.74) is 1.87. The highest BCUT2D eigenvalue weighted by Gasteiger charge is 2.21. The Bertz CT molecular complexity index is 1000. The molecule has 1 aliphatic heterocycles. The molecule has 0 atom stereocenters. The number of amides is 1. The van der Waals surface area contributed by atoms with E-state index in [4.69, 9.17) is 18.9 Å². The first kappa shape index (κ1) is 17.0. The van der Waals surface area contributed by atoms with Crippen molar-refractivity contribution in [1.82, 2.24) is 4.98 Å². The third-order valence-electron chi connectivity index (χ3n) is 4.22. The number of rotatable bonds is 4. The normalized spacial score (nSPS) is 12.5. The molecule has 7 heteroatoms. The Kier molecular flexibility index (Phi) is 4.42. The predicted molar refractivity (Wildman–Crippen MR) is 100 cm³/mol. The van der Waals surface area contributed by atoms with Gasteiger partial charge in [0, 0.05) is 22.7 Å². The van der Waals surface area contributed by atoms with Gasteiger partial charge < -0.3 is 24.3 Å². The smallest absolute Gasteiger partial charge is 0.255 e. The highest BCUT2D eigenvalue weighted by atomic mass is 16.6. The molecule has 7 nitrogen and oxygen atoms in total. The highest BCUT2D eigenvalue weighted by molar-refractivity contribution is 6.05. The van der Waals surface area contributed by atoms with Gasteiger partial charge in [0.25, 0.3) is 5.91 Å². The maximum Gasteiger partial charge on any atom is 0.255 e. The Labute approximate surface area is 155 Å². The van der Waals surface area contributed by atoms with Crippen molar-refractivity contribution in [2.75, 3.05) is 32.8 Å². The lowest BCUT2D eigenvalue weighted by atomic mass is 10.1. The Hall–Kier alpha value is -3.48.